The highest BCUT2D eigenvalue weighted by Crippen LogP contribution is 2.44. The number of rotatable bonds is 6. The number of hydrogen-bond donors (Lipinski definition) is 1. The zero-order chi connectivity index (χ0) is 23.1. The normalized spacial score (nSPS) is 28.5. The first kappa shape index (κ1) is 24.1. The van der Waals surface area contributed by atoms with Gasteiger partial charge in [0.15, 0.2) is 0 Å². The van der Waals surface area contributed by atoms with E-state index in [0.29, 0.717) is 22.0 Å². The first-order valence-corrected chi connectivity index (χ1v) is 12.7. The summed E-state index contributed by atoms with van der Waals surface area (Å²) in [6.45, 7) is 9.16. The second-order valence-corrected chi connectivity index (χ2v) is 11.7. The fourth-order valence-electron chi connectivity index (χ4n) is 4.58. The molecule has 0 radical (unpaired) electrons. The summed E-state index contributed by atoms with van der Waals surface area (Å²) in [5, 5.41) is 9.09. The minimum Gasteiger partial charge on any atom is -0.480 e. The van der Waals surface area contributed by atoms with E-state index in [1.54, 1.807) is 31.2 Å². The number of nitrogens with zero attached hydrogens (tertiary/aromatic N) is 1. The first-order chi connectivity index (χ1) is 14.4. The van der Waals surface area contributed by atoms with E-state index in [0.717, 1.165) is 11.1 Å². The van der Waals surface area contributed by atoms with Gasteiger partial charge in [-0.3, -0.25) is 4.79 Å². The summed E-state index contributed by atoms with van der Waals surface area (Å²) < 4.78 is 43.8. The van der Waals surface area contributed by atoms with Crippen LogP contribution in [-0.2, 0) is 26.8 Å². The van der Waals surface area contributed by atoms with Gasteiger partial charge in [-0.2, -0.15) is 4.31 Å². The lowest BCUT2D eigenvalue weighted by Crippen LogP contribution is -2.48. The molecule has 168 valence electrons. The van der Waals surface area contributed by atoms with Crippen molar-refractivity contribution in [2.75, 3.05) is 0 Å². The lowest BCUT2D eigenvalue weighted by Gasteiger charge is -2.38. The first-order valence-electron chi connectivity index (χ1n) is 10.1. The molecule has 0 bridgehead atoms. The summed E-state index contributed by atoms with van der Waals surface area (Å²) in [6, 6.07) is 2.63. The van der Waals surface area contributed by atoms with E-state index in [1.807, 2.05) is 36.4 Å². The third-order valence-electron chi connectivity index (χ3n) is 6.29. The van der Waals surface area contributed by atoms with E-state index in [4.69, 9.17) is 0 Å². The second-order valence-electron chi connectivity index (χ2n) is 8.52. The van der Waals surface area contributed by atoms with Crippen LogP contribution in [0.25, 0.3) is 0 Å². The van der Waals surface area contributed by atoms with Gasteiger partial charge in [-0.05, 0) is 80.3 Å². The van der Waals surface area contributed by atoms with Crippen LogP contribution in [0, 0.1) is 9.39 Å². The van der Waals surface area contributed by atoms with Crippen molar-refractivity contribution in [3.63, 3.8) is 0 Å². The monoisotopic (exact) mass is 559 g/mol. The van der Waals surface area contributed by atoms with E-state index in [9.17, 15) is 18.3 Å². The van der Waals surface area contributed by atoms with Crippen molar-refractivity contribution in [1.82, 2.24) is 4.31 Å². The average Bonchev–Trinajstić information content (AvgIpc) is 2.64. The highest BCUT2D eigenvalue weighted by molar-refractivity contribution is 14.1. The van der Waals surface area contributed by atoms with Crippen LogP contribution in [0.5, 0.6) is 0 Å². The molecule has 1 fully saturated rings. The Hall–Kier alpha value is -1.52. The molecule has 2 aliphatic rings. The molecule has 1 aromatic rings. The smallest absolute Gasteiger partial charge is 0.318 e. The van der Waals surface area contributed by atoms with Gasteiger partial charge in [0, 0.05) is 21.7 Å². The average molecular weight is 559 g/mol. The summed E-state index contributed by atoms with van der Waals surface area (Å²) in [6.07, 6.45) is 6.39. The molecule has 0 saturated carbocycles. The molecular weight excluding hydrogens is 532 g/mol. The molecule has 3 atom stereocenters. The number of benzene rings is 1. The van der Waals surface area contributed by atoms with Gasteiger partial charge in [-0.1, -0.05) is 36.0 Å². The molecule has 8 heteroatoms. The SMILES string of the molecule is C=C/C=C(\C)[C@H]1CC[C@H](C)N(Cc2cc(F)c(C3(C(=O)O)C=C(C)C3)cc2I)S1(=O)=O. The Kier molecular flexibility index (Phi) is 6.84. The summed E-state index contributed by atoms with van der Waals surface area (Å²) in [5.41, 5.74) is 0.941. The lowest BCUT2D eigenvalue weighted by atomic mass is 9.66. The van der Waals surface area contributed by atoms with E-state index in [2.05, 4.69) is 6.58 Å². The summed E-state index contributed by atoms with van der Waals surface area (Å²) in [5.74, 6) is -1.71. The van der Waals surface area contributed by atoms with Crippen LogP contribution in [0.15, 0.2) is 48.1 Å². The van der Waals surface area contributed by atoms with Crippen molar-refractivity contribution in [1.29, 1.82) is 0 Å². The molecule has 1 aromatic carbocycles. The zero-order valence-electron chi connectivity index (χ0n) is 17.9. The van der Waals surface area contributed by atoms with Gasteiger partial charge in [-0.25, -0.2) is 12.8 Å². The Bertz CT molecular complexity index is 1100. The fraction of sp³-hybridized carbons (Fsp3) is 0.435. The number of halogens is 2. The number of aliphatic carboxylic acids is 1. The molecule has 1 aliphatic heterocycles. The van der Waals surface area contributed by atoms with Gasteiger partial charge in [-0.15, -0.1) is 0 Å². The van der Waals surface area contributed by atoms with Crippen LogP contribution in [0.2, 0.25) is 0 Å². The molecule has 1 saturated heterocycles. The predicted octanol–water partition coefficient (Wildman–Crippen LogP) is 4.92. The Balaban J connectivity index is 1.97. The van der Waals surface area contributed by atoms with E-state index < -0.39 is 32.5 Å². The van der Waals surface area contributed by atoms with Gasteiger partial charge >= 0.3 is 5.97 Å². The lowest BCUT2D eigenvalue weighted by molar-refractivity contribution is -0.142. The largest absolute Gasteiger partial charge is 0.480 e. The number of carboxylic acid groups (broad SMARTS) is 1. The Morgan fingerprint density at radius 2 is 2.06 bits per heavy atom. The molecule has 1 unspecified atom stereocenters. The van der Waals surface area contributed by atoms with Crippen molar-refractivity contribution >= 4 is 38.6 Å². The zero-order valence-corrected chi connectivity index (χ0v) is 20.8. The minimum absolute atomic E-state index is 0.0474. The minimum atomic E-state index is -3.63. The Morgan fingerprint density at radius 1 is 1.42 bits per heavy atom. The van der Waals surface area contributed by atoms with Crippen LogP contribution in [0.3, 0.4) is 0 Å². The molecular formula is C23H27FINO4S. The van der Waals surface area contributed by atoms with Crippen molar-refractivity contribution in [3.05, 3.63) is 68.6 Å². The predicted molar refractivity (Wildman–Crippen MR) is 128 cm³/mol. The third-order valence-corrected chi connectivity index (χ3v) is 9.76. The Morgan fingerprint density at radius 3 is 2.61 bits per heavy atom. The maximum atomic E-state index is 15.1. The summed E-state index contributed by atoms with van der Waals surface area (Å²) >= 11 is 2.03. The number of sulfonamides is 1. The molecule has 0 aromatic heterocycles. The molecule has 3 rings (SSSR count). The van der Waals surface area contributed by atoms with Gasteiger partial charge in [0.05, 0.1) is 5.25 Å². The number of allylic oxidation sites excluding steroid dienone is 3. The standard InChI is InChI=1S/C23H27FINO4S/c1-5-6-15(3)21-8-7-16(4)26(31(21,29)30)13-17-9-19(24)18(10-20(17)25)23(22(27)28)11-14(2)12-23/h5-6,9-11,16,21H,1,7-8,12-13H2,2-4H3,(H,27,28)/b15-6+/t16-,21+,23?/m0/s1. The van der Waals surface area contributed by atoms with Crippen molar-refractivity contribution in [2.24, 2.45) is 0 Å². The van der Waals surface area contributed by atoms with Crippen molar-refractivity contribution in [3.8, 4) is 0 Å². The fourth-order valence-corrected chi connectivity index (χ4v) is 7.45. The van der Waals surface area contributed by atoms with Crippen LogP contribution in [0.1, 0.15) is 51.2 Å². The maximum absolute atomic E-state index is 15.1. The van der Waals surface area contributed by atoms with Gasteiger partial charge < -0.3 is 5.11 Å². The topological polar surface area (TPSA) is 74.7 Å². The molecule has 5 nitrogen and oxygen atoms in total. The Labute approximate surface area is 196 Å². The van der Waals surface area contributed by atoms with Crippen molar-refractivity contribution in [2.45, 2.75) is 63.3 Å². The second kappa shape index (κ2) is 8.78. The van der Waals surface area contributed by atoms with Crippen LogP contribution in [-0.4, -0.2) is 35.1 Å². The summed E-state index contributed by atoms with van der Waals surface area (Å²) in [7, 11) is -3.63. The molecule has 0 amide bonds. The molecule has 31 heavy (non-hydrogen) atoms. The highest BCUT2D eigenvalue weighted by atomic mass is 127. The molecule has 1 N–H and O–H groups in total. The molecule has 1 aliphatic carbocycles. The third kappa shape index (κ3) is 4.26. The van der Waals surface area contributed by atoms with Gasteiger partial charge in [0.2, 0.25) is 10.0 Å². The quantitative estimate of drug-likeness (QED) is 0.305. The van der Waals surface area contributed by atoms with Crippen LogP contribution >= 0.6 is 22.6 Å². The number of hydrogen-bond acceptors (Lipinski definition) is 3. The van der Waals surface area contributed by atoms with Gasteiger partial charge in [0.1, 0.15) is 11.2 Å². The molecule has 1 heterocycles. The van der Waals surface area contributed by atoms with E-state index >= 15 is 4.39 Å². The number of carbonyl (C=O) groups is 1. The maximum Gasteiger partial charge on any atom is 0.318 e. The summed E-state index contributed by atoms with van der Waals surface area (Å²) in [4.78, 5) is 11.9. The van der Waals surface area contributed by atoms with Crippen LogP contribution < -0.4 is 0 Å². The molecule has 0 spiro atoms. The van der Waals surface area contributed by atoms with Gasteiger partial charge in [0.25, 0.3) is 0 Å². The van der Waals surface area contributed by atoms with Crippen molar-refractivity contribution < 1.29 is 22.7 Å². The van der Waals surface area contributed by atoms with E-state index in [1.165, 1.54) is 10.4 Å². The van der Waals surface area contributed by atoms with E-state index in [-0.39, 0.29) is 24.6 Å². The van der Waals surface area contributed by atoms with Crippen LogP contribution in [0.4, 0.5) is 4.39 Å². The highest BCUT2D eigenvalue weighted by Gasteiger charge is 2.46. The number of carboxylic acids is 1.